The number of amides is 1. The van der Waals surface area contributed by atoms with Gasteiger partial charge in [-0.1, -0.05) is 18.2 Å². The molecule has 0 unspecified atom stereocenters. The fourth-order valence-electron chi connectivity index (χ4n) is 2.44. The van der Waals surface area contributed by atoms with Crippen LogP contribution in [0.4, 0.5) is 18.9 Å². The van der Waals surface area contributed by atoms with Crippen molar-refractivity contribution in [2.75, 3.05) is 13.3 Å². The first-order chi connectivity index (χ1) is 12.1. The van der Waals surface area contributed by atoms with E-state index in [0.29, 0.717) is 4.90 Å². The molecule has 0 N–H and O–H groups in total. The summed E-state index contributed by atoms with van der Waals surface area (Å²) < 4.78 is 39.3. The highest BCUT2D eigenvalue weighted by Gasteiger charge is 2.33. The number of carbonyl (C=O) groups excluding carboxylic acids is 1. The van der Waals surface area contributed by atoms with Gasteiger partial charge >= 0.3 is 6.18 Å². The number of nitrogens with zero attached hydrogens (tertiary/aromatic N) is 2. The van der Waals surface area contributed by atoms with E-state index in [1.165, 1.54) is 55.2 Å². The van der Waals surface area contributed by atoms with Gasteiger partial charge in [-0.3, -0.25) is 14.9 Å². The van der Waals surface area contributed by atoms with Crippen LogP contribution in [0.3, 0.4) is 0 Å². The van der Waals surface area contributed by atoms with Crippen LogP contribution in [0, 0.1) is 10.1 Å². The maximum atomic E-state index is 13.1. The summed E-state index contributed by atoms with van der Waals surface area (Å²) in [5, 5.41) is 11.2. The molecule has 0 aliphatic heterocycles. The predicted octanol–water partition coefficient (Wildman–Crippen LogP) is 4.61. The number of carbonyl (C=O) groups is 1. The molecule has 0 aromatic heterocycles. The van der Waals surface area contributed by atoms with Crippen LogP contribution in [-0.4, -0.2) is 29.0 Å². The number of halogens is 3. The molecule has 0 heterocycles. The van der Waals surface area contributed by atoms with Gasteiger partial charge in [-0.05, 0) is 30.0 Å². The van der Waals surface area contributed by atoms with Crippen molar-refractivity contribution < 1.29 is 22.9 Å². The van der Waals surface area contributed by atoms with Gasteiger partial charge in [-0.15, -0.1) is 11.8 Å². The minimum atomic E-state index is -4.55. The van der Waals surface area contributed by atoms with Gasteiger partial charge in [0.2, 0.25) is 0 Å². The maximum absolute atomic E-state index is 13.1. The Morgan fingerprint density at radius 3 is 2.46 bits per heavy atom. The number of benzene rings is 2. The standard InChI is InChI=1S/C17H15F3N2O3S/c1-21(10-11-5-3-4-6-14(11)17(18,19)20)16(23)13-9-12(26-2)7-8-15(13)22(24)25/h3-9H,10H2,1-2H3. The summed E-state index contributed by atoms with van der Waals surface area (Å²) >= 11 is 1.30. The molecule has 0 radical (unpaired) electrons. The minimum absolute atomic E-state index is 0.0838. The molecule has 0 spiro atoms. The van der Waals surface area contributed by atoms with Gasteiger partial charge < -0.3 is 4.90 Å². The molecule has 0 fully saturated rings. The van der Waals surface area contributed by atoms with Crippen LogP contribution in [0.15, 0.2) is 47.4 Å². The van der Waals surface area contributed by atoms with Crippen LogP contribution in [0.25, 0.3) is 0 Å². The molecule has 0 bridgehead atoms. The van der Waals surface area contributed by atoms with E-state index < -0.39 is 22.6 Å². The summed E-state index contributed by atoms with van der Waals surface area (Å²) in [6.07, 6.45) is -2.80. The van der Waals surface area contributed by atoms with E-state index >= 15 is 0 Å². The van der Waals surface area contributed by atoms with Crippen molar-refractivity contribution in [3.8, 4) is 0 Å². The van der Waals surface area contributed by atoms with E-state index in [9.17, 15) is 28.1 Å². The molecule has 26 heavy (non-hydrogen) atoms. The van der Waals surface area contributed by atoms with E-state index in [0.717, 1.165) is 11.0 Å². The lowest BCUT2D eigenvalue weighted by Crippen LogP contribution is -2.28. The fourth-order valence-corrected chi connectivity index (χ4v) is 2.88. The van der Waals surface area contributed by atoms with Crippen LogP contribution in [0.5, 0.6) is 0 Å². The van der Waals surface area contributed by atoms with Crippen LogP contribution >= 0.6 is 11.8 Å². The lowest BCUT2D eigenvalue weighted by Gasteiger charge is -2.20. The Morgan fingerprint density at radius 2 is 1.88 bits per heavy atom. The summed E-state index contributed by atoms with van der Waals surface area (Å²) in [5.41, 5.74) is -1.47. The molecule has 5 nitrogen and oxygen atoms in total. The Kier molecular flexibility index (Phi) is 5.91. The van der Waals surface area contributed by atoms with Crippen molar-refractivity contribution >= 4 is 23.4 Å². The average Bonchev–Trinajstić information content (AvgIpc) is 2.59. The van der Waals surface area contributed by atoms with Gasteiger partial charge in [0.15, 0.2) is 0 Å². The van der Waals surface area contributed by atoms with E-state index in [2.05, 4.69) is 0 Å². The predicted molar refractivity (Wildman–Crippen MR) is 92.1 cm³/mol. The molecular weight excluding hydrogens is 369 g/mol. The topological polar surface area (TPSA) is 63.5 Å². The maximum Gasteiger partial charge on any atom is 0.416 e. The number of hydrogen-bond acceptors (Lipinski definition) is 4. The molecule has 2 rings (SSSR count). The van der Waals surface area contributed by atoms with E-state index in [-0.39, 0.29) is 23.4 Å². The Bertz CT molecular complexity index is 840. The summed E-state index contributed by atoms with van der Waals surface area (Å²) in [5.74, 6) is -0.718. The highest BCUT2D eigenvalue weighted by Crippen LogP contribution is 2.33. The number of alkyl halides is 3. The molecule has 0 aliphatic rings. The Hall–Kier alpha value is -2.55. The molecular formula is C17H15F3N2O3S. The summed E-state index contributed by atoms with van der Waals surface area (Å²) in [4.78, 5) is 24.8. The number of nitro groups is 1. The zero-order chi connectivity index (χ0) is 19.5. The monoisotopic (exact) mass is 384 g/mol. The van der Waals surface area contributed by atoms with E-state index in [4.69, 9.17) is 0 Å². The average molecular weight is 384 g/mol. The first kappa shape index (κ1) is 19.8. The highest BCUT2D eigenvalue weighted by molar-refractivity contribution is 7.98. The van der Waals surface area contributed by atoms with Crippen molar-refractivity contribution in [1.82, 2.24) is 4.90 Å². The van der Waals surface area contributed by atoms with Gasteiger partial charge in [0.25, 0.3) is 11.6 Å². The molecule has 9 heteroatoms. The first-order valence-electron chi connectivity index (χ1n) is 7.38. The molecule has 0 saturated heterocycles. The molecule has 1 amide bonds. The van der Waals surface area contributed by atoms with Gasteiger partial charge in [-0.25, -0.2) is 0 Å². The van der Waals surface area contributed by atoms with Crippen LogP contribution < -0.4 is 0 Å². The minimum Gasteiger partial charge on any atom is -0.337 e. The van der Waals surface area contributed by atoms with Crippen molar-refractivity contribution in [3.63, 3.8) is 0 Å². The molecule has 2 aromatic carbocycles. The van der Waals surface area contributed by atoms with E-state index in [1.54, 1.807) is 6.26 Å². The van der Waals surface area contributed by atoms with E-state index in [1.807, 2.05) is 0 Å². The largest absolute Gasteiger partial charge is 0.416 e. The number of hydrogen-bond donors (Lipinski definition) is 0. The Labute approximate surface area is 152 Å². The van der Waals surface area contributed by atoms with Crippen LogP contribution in [-0.2, 0) is 12.7 Å². The van der Waals surface area contributed by atoms with Crippen LogP contribution in [0.2, 0.25) is 0 Å². The highest BCUT2D eigenvalue weighted by atomic mass is 32.2. The molecule has 138 valence electrons. The van der Waals surface area contributed by atoms with Gasteiger partial charge in [-0.2, -0.15) is 13.2 Å². The van der Waals surface area contributed by atoms with Crippen molar-refractivity contribution in [2.24, 2.45) is 0 Å². The Morgan fingerprint density at radius 1 is 1.23 bits per heavy atom. The number of nitro benzene ring substituents is 1. The molecule has 2 aromatic rings. The Balaban J connectivity index is 2.36. The van der Waals surface area contributed by atoms with Gasteiger partial charge in [0.1, 0.15) is 5.56 Å². The zero-order valence-corrected chi connectivity index (χ0v) is 14.7. The third-order valence-corrected chi connectivity index (χ3v) is 4.43. The molecule has 0 saturated carbocycles. The normalized spacial score (nSPS) is 11.3. The molecule has 0 atom stereocenters. The van der Waals surface area contributed by atoms with Crippen molar-refractivity contribution in [2.45, 2.75) is 17.6 Å². The molecule has 0 aliphatic carbocycles. The number of rotatable bonds is 5. The SMILES string of the molecule is CSc1ccc([N+](=O)[O-])c(C(=O)N(C)Cc2ccccc2C(F)(F)F)c1. The third kappa shape index (κ3) is 4.34. The smallest absolute Gasteiger partial charge is 0.337 e. The number of thioether (sulfide) groups is 1. The summed E-state index contributed by atoms with van der Waals surface area (Å²) in [6.45, 7) is -0.324. The fraction of sp³-hybridized carbons (Fsp3) is 0.235. The quantitative estimate of drug-likeness (QED) is 0.429. The van der Waals surface area contributed by atoms with Gasteiger partial charge in [0.05, 0.1) is 10.5 Å². The summed E-state index contributed by atoms with van der Waals surface area (Å²) in [7, 11) is 1.31. The second kappa shape index (κ2) is 7.77. The second-order valence-corrected chi connectivity index (χ2v) is 6.34. The lowest BCUT2D eigenvalue weighted by atomic mass is 10.1. The summed E-state index contributed by atoms with van der Waals surface area (Å²) in [6, 6.07) is 9.02. The second-order valence-electron chi connectivity index (χ2n) is 5.46. The third-order valence-electron chi connectivity index (χ3n) is 3.71. The van der Waals surface area contributed by atoms with Crippen LogP contribution in [0.1, 0.15) is 21.5 Å². The first-order valence-corrected chi connectivity index (χ1v) is 8.60. The zero-order valence-electron chi connectivity index (χ0n) is 13.9. The van der Waals surface area contributed by atoms with Gasteiger partial charge in [0, 0.05) is 24.6 Å². The van der Waals surface area contributed by atoms with Crippen molar-refractivity contribution in [1.29, 1.82) is 0 Å². The van der Waals surface area contributed by atoms with Crippen molar-refractivity contribution in [3.05, 3.63) is 69.3 Å². The lowest BCUT2D eigenvalue weighted by molar-refractivity contribution is -0.385.